The molecule has 0 atom stereocenters. The summed E-state index contributed by atoms with van der Waals surface area (Å²) < 4.78 is 45.0. The van der Waals surface area contributed by atoms with Gasteiger partial charge in [-0.25, -0.2) is 4.79 Å². The van der Waals surface area contributed by atoms with Gasteiger partial charge >= 0.3 is 12.1 Å². The van der Waals surface area contributed by atoms with Gasteiger partial charge in [0, 0.05) is 0 Å². The van der Waals surface area contributed by atoms with Gasteiger partial charge in [-0.2, -0.15) is 18.3 Å². The Balaban J connectivity index is 2.42. The molecule has 1 saturated carbocycles. The molecule has 4 nitrogen and oxygen atoms in total. The Bertz CT molecular complexity index is 462. The normalized spacial score (nSPS) is 16.8. The molecule has 7 heteroatoms. The Hall–Kier alpha value is -1.53. The number of aromatic nitrogens is 2. The van der Waals surface area contributed by atoms with Gasteiger partial charge in [-0.05, 0) is 19.8 Å². The van der Waals surface area contributed by atoms with E-state index < -0.39 is 23.4 Å². The molecule has 1 aliphatic rings. The molecule has 0 aromatic carbocycles. The van der Waals surface area contributed by atoms with Crippen LogP contribution < -0.4 is 0 Å². The second-order valence-corrected chi connectivity index (χ2v) is 4.51. The highest BCUT2D eigenvalue weighted by molar-refractivity contribution is 5.90. The first-order chi connectivity index (χ1) is 8.95. The highest BCUT2D eigenvalue weighted by Crippen LogP contribution is 2.38. The van der Waals surface area contributed by atoms with Crippen LogP contribution in [0.3, 0.4) is 0 Å². The fourth-order valence-electron chi connectivity index (χ4n) is 2.43. The van der Waals surface area contributed by atoms with Crippen LogP contribution in [0, 0.1) is 0 Å². The average molecular weight is 276 g/mol. The maximum absolute atomic E-state index is 13.1. The molecule has 1 heterocycles. The van der Waals surface area contributed by atoms with Gasteiger partial charge in [-0.1, -0.05) is 12.8 Å². The number of rotatable bonds is 3. The van der Waals surface area contributed by atoms with E-state index in [0.717, 1.165) is 23.7 Å². The number of nitrogens with zero attached hydrogens (tertiary/aromatic N) is 2. The third-order valence-corrected chi connectivity index (χ3v) is 3.23. The van der Waals surface area contributed by atoms with Gasteiger partial charge in [-0.15, -0.1) is 0 Å². The monoisotopic (exact) mass is 276 g/mol. The van der Waals surface area contributed by atoms with E-state index in [0.29, 0.717) is 12.8 Å². The van der Waals surface area contributed by atoms with Crippen molar-refractivity contribution >= 4 is 5.97 Å². The van der Waals surface area contributed by atoms with Crippen LogP contribution in [0.1, 0.15) is 54.7 Å². The van der Waals surface area contributed by atoms with Crippen molar-refractivity contribution in [1.82, 2.24) is 9.78 Å². The SMILES string of the molecule is CCOC(=O)c1cnn(C2CCCC2)c1C(F)(F)F. The maximum atomic E-state index is 13.1. The van der Waals surface area contributed by atoms with E-state index in [9.17, 15) is 18.0 Å². The molecule has 0 saturated heterocycles. The van der Waals surface area contributed by atoms with Crippen LogP contribution in [0.4, 0.5) is 13.2 Å². The van der Waals surface area contributed by atoms with E-state index in [4.69, 9.17) is 0 Å². The van der Waals surface area contributed by atoms with Gasteiger partial charge < -0.3 is 4.74 Å². The Kier molecular flexibility index (Phi) is 3.82. The van der Waals surface area contributed by atoms with Crippen molar-refractivity contribution in [3.8, 4) is 0 Å². The zero-order valence-corrected chi connectivity index (χ0v) is 10.5. The predicted octanol–water partition coefficient (Wildman–Crippen LogP) is 3.19. The minimum Gasteiger partial charge on any atom is -0.462 e. The summed E-state index contributed by atoms with van der Waals surface area (Å²) in [6, 6.07) is -0.278. The molecule has 0 aliphatic heterocycles. The van der Waals surface area contributed by atoms with Crippen LogP contribution in [0.15, 0.2) is 6.20 Å². The van der Waals surface area contributed by atoms with Gasteiger partial charge in [0.1, 0.15) is 5.56 Å². The fraction of sp³-hybridized carbons (Fsp3) is 0.667. The van der Waals surface area contributed by atoms with E-state index in [1.165, 1.54) is 0 Å². The largest absolute Gasteiger partial charge is 0.462 e. The molecule has 19 heavy (non-hydrogen) atoms. The highest BCUT2D eigenvalue weighted by Gasteiger charge is 2.42. The minimum absolute atomic E-state index is 0.0325. The maximum Gasteiger partial charge on any atom is 0.433 e. The van der Waals surface area contributed by atoms with Gasteiger partial charge in [0.15, 0.2) is 5.69 Å². The van der Waals surface area contributed by atoms with Crippen molar-refractivity contribution in [1.29, 1.82) is 0 Å². The Morgan fingerprint density at radius 1 is 1.47 bits per heavy atom. The lowest BCUT2D eigenvalue weighted by Crippen LogP contribution is -2.21. The zero-order valence-electron chi connectivity index (χ0n) is 10.5. The molecule has 1 aromatic heterocycles. The summed E-state index contributed by atoms with van der Waals surface area (Å²) in [6.07, 6.45) is -0.562. The molecule has 0 spiro atoms. The number of alkyl halides is 3. The summed E-state index contributed by atoms with van der Waals surface area (Å²) >= 11 is 0. The van der Waals surface area contributed by atoms with Crippen molar-refractivity contribution in [3.05, 3.63) is 17.5 Å². The number of esters is 1. The van der Waals surface area contributed by atoms with Crippen LogP contribution >= 0.6 is 0 Å². The van der Waals surface area contributed by atoms with Crippen molar-refractivity contribution < 1.29 is 22.7 Å². The van der Waals surface area contributed by atoms with Crippen LogP contribution in [-0.4, -0.2) is 22.4 Å². The molecular formula is C12H15F3N2O2. The van der Waals surface area contributed by atoms with Crippen LogP contribution in [-0.2, 0) is 10.9 Å². The van der Waals surface area contributed by atoms with Crippen LogP contribution in [0.5, 0.6) is 0 Å². The molecule has 0 amide bonds. The second kappa shape index (κ2) is 5.22. The summed E-state index contributed by atoms with van der Waals surface area (Å²) in [5.41, 5.74) is -1.49. The third-order valence-electron chi connectivity index (χ3n) is 3.23. The van der Waals surface area contributed by atoms with Gasteiger partial charge in [0.05, 0.1) is 18.8 Å². The Labute approximate surface area is 108 Å². The number of ether oxygens (including phenoxy) is 1. The molecule has 0 unspecified atom stereocenters. The first-order valence-corrected chi connectivity index (χ1v) is 6.27. The molecule has 0 radical (unpaired) electrons. The van der Waals surface area contributed by atoms with Crippen molar-refractivity contribution in [2.45, 2.75) is 44.8 Å². The molecular weight excluding hydrogens is 261 g/mol. The standard InChI is InChI=1S/C12H15F3N2O2/c1-2-19-11(18)9-7-16-17(8-5-3-4-6-8)10(9)12(13,14)15/h7-8H,2-6H2,1H3. The molecule has 106 valence electrons. The summed E-state index contributed by atoms with van der Waals surface area (Å²) in [5, 5.41) is 3.76. The second-order valence-electron chi connectivity index (χ2n) is 4.51. The van der Waals surface area contributed by atoms with E-state index in [1.807, 2.05) is 0 Å². The van der Waals surface area contributed by atoms with E-state index in [2.05, 4.69) is 9.84 Å². The highest BCUT2D eigenvalue weighted by atomic mass is 19.4. The van der Waals surface area contributed by atoms with E-state index >= 15 is 0 Å². The summed E-state index contributed by atoms with van der Waals surface area (Å²) in [4.78, 5) is 11.6. The summed E-state index contributed by atoms with van der Waals surface area (Å²) in [5.74, 6) is -0.973. The van der Waals surface area contributed by atoms with Crippen LogP contribution in [0.2, 0.25) is 0 Å². The zero-order chi connectivity index (χ0) is 14.0. The Morgan fingerprint density at radius 2 is 2.11 bits per heavy atom. The molecule has 1 fully saturated rings. The number of hydrogen-bond acceptors (Lipinski definition) is 3. The van der Waals surface area contributed by atoms with Gasteiger partial charge in [0.2, 0.25) is 0 Å². The number of hydrogen-bond donors (Lipinski definition) is 0. The topological polar surface area (TPSA) is 44.1 Å². The van der Waals surface area contributed by atoms with Gasteiger partial charge in [0.25, 0.3) is 0 Å². The lowest BCUT2D eigenvalue weighted by atomic mass is 10.2. The Morgan fingerprint density at radius 3 is 2.63 bits per heavy atom. The minimum atomic E-state index is -4.61. The van der Waals surface area contributed by atoms with Crippen molar-refractivity contribution in [2.24, 2.45) is 0 Å². The van der Waals surface area contributed by atoms with Gasteiger partial charge in [-0.3, -0.25) is 4.68 Å². The molecule has 2 rings (SSSR count). The van der Waals surface area contributed by atoms with Crippen molar-refractivity contribution in [3.63, 3.8) is 0 Å². The summed E-state index contributed by atoms with van der Waals surface area (Å²) in [6.45, 7) is 1.58. The molecule has 0 N–H and O–H groups in total. The fourth-order valence-corrected chi connectivity index (χ4v) is 2.43. The number of carbonyl (C=O) groups excluding carboxylic acids is 1. The first-order valence-electron chi connectivity index (χ1n) is 6.27. The average Bonchev–Trinajstić information content (AvgIpc) is 2.97. The molecule has 1 aromatic rings. The van der Waals surface area contributed by atoms with Crippen LogP contribution in [0.25, 0.3) is 0 Å². The lowest BCUT2D eigenvalue weighted by molar-refractivity contribution is -0.145. The smallest absolute Gasteiger partial charge is 0.433 e. The predicted molar refractivity (Wildman–Crippen MR) is 60.7 cm³/mol. The first kappa shape index (κ1) is 13.9. The lowest BCUT2D eigenvalue weighted by Gasteiger charge is -2.16. The van der Waals surface area contributed by atoms with Crippen molar-refractivity contribution in [2.75, 3.05) is 6.61 Å². The molecule has 1 aliphatic carbocycles. The number of halogens is 3. The number of carbonyl (C=O) groups is 1. The molecule has 0 bridgehead atoms. The van der Waals surface area contributed by atoms with E-state index in [-0.39, 0.29) is 12.6 Å². The summed E-state index contributed by atoms with van der Waals surface area (Å²) in [7, 11) is 0. The third kappa shape index (κ3) is 2.74. The quantitative estimate of drug-likeness (QED) is 0.796. The van der Waals surface area contributed by atoms with E-state index in [1.54, 1.807) is 6.92 Å².